The molecule has 0 saturated carbocycles. The number of benzene rings is 1. The van der Waals surface area contributed by atoms with Crippen LogP contribution in [0.1, 0.15) is 37.0 Å². The van der Waals surface area contributed by atoms with Crippen molar-refractivity contribution < 1.29 is 27.2 Å². The monoisotopic (exact) mass is 371 g/mol. The molecule has 0 aliphatic heterocycles. The Morgan fingerprint density at radius 3 is 2.73 bits per heavy atom. The molecule has 0 aliphatic rings. The Bertz CT molecular complexity index is 731. The molecule has 1 unspecified atom stereocenters. The fourth-order valence-electron chi connectivity index (χ4n) is 2.27. The number of hydrogen-bond donors (Lipinski definition) is 1. The molecule has 1 aromatic heterocycles. The number of alkyl halides is 3. The molecule has 2 aromatic rings. The highest BCUT2D eigenvalue weighted by Crippen LogP contribution is 2.35. The molecule has 1 N–H and O–H groups in total. The van der Waals surface area contributed by atoms with E-state index in [9.17, 15) is 18.0 Å². The number of rotatable bonds is 8. The Balaban J connectivity index is 1.75. The van der Waals surface area contributed by atoms with Gasteiger partial charge in [-0.3, -0.25) is 4.79 Å². The normalized spacial score (nSPS) is 12.7. The number of aromatic nitrogens is 2. The van der Waals surface area contributed by atoms with Gasteiger partial charge in [-0.05, 0) is 32.4 Å². The number of halogens is 3. The van der Waals surface area contributed by atoms with Gasteiger partial charge in [0.25, 0.3) is 0 Å². The van der Waals surface area contributed by atoms with E-state index in [0.29, 0.717) is 24.6 Å². The summed E-state index contributed by atoms with van der Waals surface area (Å²) in [7, 11) is 0. The Kier molecular flexibility index (Phi) is 6.59. The number of para-hydroxylation sites is 1. The second kappa shape index (κ2) is 8.68. The van der Waals surface area contributed by atoms with E-state index in [4.69, 9.17) is 9.26 Å². The van der Waals surface area contributed by atoms with Crippen LogP contribution in [-0.2, 0) is 17.4 Å². The molecular weight excluding hydrogens is 351 g/mol. The summed E-state index contributed by atoms with van der Waals surface area (Å²) in [5.41, 5.74) is -0.839. The van der Waals surface area contributed by atoms with Gasteiger partial charge in [-0.1, -0.05) is 17.3 Å². The first kappa shape index (κ1) is 19.7. The SMILES string of the molecule is Cc1noc(CCCC(=O)NC(C)COc2ccccc2C(F)(F)F)n1. The zero-order chi connectivity index (χ0) is 19.2. The molecule has 1 aromatic carbocycles. The summed E-state index contributed by atoms with van der Waals surface area (Å²) >= 11 is 0. The third-order valence-electron chi connectivity index (χ3n) is 3.45. The van der Waals surface area contributed by atoms with E-state index in [2.05, 4.69) is 15.5 Å². The Morgan fingerprint density at radius 2 is 2.08 bits per heavy atom. The van der Waals surface area contributed by atoms with Crippen molar-refractivity contribution in [3.8, 4) is 5.75 Å². The molecule has 142 valence electrons. The Labute approximate surface area is 148 Å². The van der Waals surface area contributed by atoms with Crippen molar-refractivity contribution in [1.82, 2.24) is 15.5 Å². The van der Waals surface area contributed by atoms with Gasteiger partial charge in [-0.25, -0.2) is 0 Å². The highest BCUT2D eigenvalue weighted by atomic mass is 19.4. The number of nitrogens with zero attached hydrogens (tertiary/aromatic N) is 2. The third-order valence-corrected chi connectivity index (χ3v) is 3.45. The predicted molar refractivity (Wildman–Crippen MR) is 86.5 cm³/mol. The molecule has 1 heterocycles. The minimum Gasteiger partial charge on any atom is -0.491 e. The number of carbonyl (C=O) groups is 1. The quantitative estimate of drug-likeness (QED) is 0.770. The fraction of sp³-hybridized carbons (Fsp3) is 0.471. The zero-order valence-corrected chi connectivity index (χ0v) is 14.5. The van der Waals surface area contributed by atoms with Gasteiger partial charge in [0.1, 0.15) is 12.4 Å². The van der Waals surface area contributed by atoms with Gasteiger partial charge in [-0.2, -0.15) is 18.2 Å². The first-order valence-electron chi connectivity index (χ1n) is 8.13. The average Bonchev–Trinajstić information content (AvgIpc) is 2.97. The van der Waals surface area contributed by atoms with Crippen molar-refractivity contribution in [3.63, 3.8) is 0 Å². The summed E-state index contributed by atoms with van der Waals surface area (Å²) in [6.45, 7) is 3.30. The number of hydrogen-bond acceptors (Lipinski definition) is 5. The van der Waals surface area contributed by atoms with Crippen LogP contribution in [0.25, 0.3) is 0 Å². The van der Waals surface area contributed by atoms with E-state index >= 15 is 0 Å². The maximum Gasteiger partial charge on any atom is 0.419 e. The zero-order valence-electron chi connectivity index (χ0n) is 14.5. The van der Waals surface area contributed by atoms with Crippen molar-refractivity contribution in [1.29, 1.82) is 0 Å². The second-order valence-electron chi connectivity index (χ2n) is 5.86. The van der Waals surface area contributed by atoms with Crippen molar-refractivity contribution in [2.24, 2.45) is 0 Å². The van der Waals surface area contributed by atoms with Crippen molar-refractivity contribution >= 4 is 5.91 Å². The smallest absolute Gasteiger partial charge is 0.419 e. The minimum absolute atomic E-state index is 0.0678. The molecule has 1 amide bonds. The molecule has 0 aliphatic carbocycles. The number of ether oxygens (including phenoxy) is 1. The molecule has 6 nitrogen and oxygen atoms in total. The van der Waals surface area contributed by atoms with E-state index in [1.807, 2.05) is 0 Å². The summed E-state index contributed by atoms with van der Waals surface area (Å²) < 4.78 is 48.9. The second-order valence-corrected chi connectivity index (χ2v) is 5.86. The molecule has 0 radical (unpaired) electrons. The van der Waals surface area contributed by atoms with E-state index < -0.39 is 17.8 Å². The van der Waals surface area contributed by atoms with Crippen LogP contribution in [0.2, 0.25) is 0 Å². The third kappa shape index (κ3) is 6.05. The highest BCUT2D eigenvalue weighted by molar-refractivity contribution is 5.76. The Hall–Kier alpha value is -2.58. The number of amides is 1. The van der Waals surface area contributed by atoms with E-state index in [1.54, 1.807) is 13.8 Å². The van der Waals surface area contributed by atoms with Gasteiger partial charge >= 0.3 is 6.18 Å². The number of nitrogens with one attached hydrogen (secondary N) is 1. The largest absolute Gasteiger partial charge is 0.491 e. The summed E-state index contributed by atoms with van der Waals surface area (Å²) in [4.78, 5) is 15.9. The van der Waals surface area contributed by atoms with Crippen LogP contribution in [0, 0.1) is 6.92 Å². The average molecular weight is 371 g/mol. The fourth-order valence-corrected chi connectivity index (χ4v) is 2.27. The van der Waals surface area contributed by atoms with Gasteiger partial charge in [0.05, 0.1) is 11.6 Å². The maximum atomic E-state index is 12.9. The molecule has 1 atom stereocenters. The summed E-state index contributed by atoms with van der Waals surface area (Å²) in [5, 5.41) is 6.34. The van der Waals surface area contributed by atoms with Gasteiger partial charge in [0.2, 0.25) is 11.8 Å². The lowest BCUT2D eigenvalue weighted by atomic mass is 10.2. The molecule has 26 heavy (non-hydrogen) atoms. The molecule has 0 spiro atoms. The predicted octanol–water partition coefficient (Wildman–Crippen LogP) is 3.30. The standard InChI is InChI=1S/C17H20F3N3O3/c1-11(10-25-14-7-4-3-6-13(14)17(18,19)20)21-15(24)8-5-9-16-22-12(2)23-26-16/h3-4,6-7,11H,5,8-10H2,1-2H3,(H,21,24). The Morgan fingerprint density at radius 1 is 1.35 bits per heavy atom. The maximum absolute atomic E-state index is 12.9. The lowest BCUT2D eigenvalue weighted by Crippen LogP contribution is -2.36. The van der Waals surface area contributed by atoms with Crippen LogP contribution < -0.4 is 10.1 Å². The van der Waals surface area contributed by atoms with E-state index in [-0.39, 0.29) is 24.7 Å². The van der Waals surface area contributed by atoms with Crippen molar-refractivity contribution in [2.45, 2.75) is 45.3 Å². The topological polar surface area (TPSA) is 77.2 Å². The molecule has 0 fully saturated rings. The van der Waals surface area contributed by atoms with Crippen LogP contribution in [0.5, 0.6) is 5.75 Å². The lowest BCUT2D eigenvalue weighted by molar-refractivity contribution is -0.139. The first-order valence-corrected chi connectivity index (χ1v) is 8.13. The molecule has 0 saturated heterocycles. The first-order chi connectivity index (χ1) is 12.3. The minimum atomic E-state index is -4.49. The van der Waals surface area contributed by atoms with Crippen molar-refractivity contribution in [3.05, 3.63) is 41.5 Å². The van der Waals surface area contributed by atoms with Gasteiger partial charge in [0.15, 0.2) is 5.82 Å². The van der Waals surface area contributed by atoms with Crippen molar-refractivity contribution in [2.75, 3.05) is 6.61 Å². The van der Waals surface area contributed by atoms with E-state index in [0.717, 1.165) is 6.07 Å². The summed E-state index contributed by atoms with van der Waals surface area (Å²) in [6, 6.07) is 4.54. The highest BCUT2D eigenvalue weighted by Gasteiger charge is 2.34. The van der Waals surface area contributed by atoms with Gasteiger partial charge in [-0.15, -0.1) is 0 Å². The van der Waals surface area contributed by atoms with Crippen LogP contribution in [-0.4, -0.2) is 28.7 Å². The lowest BCUT2D eigenvalue weighted by Gasteiger charge is -2.17. The molecule has 0 bridgehead atoms. The van der Waals surface area contributed by atoms with Gasteiger partial charge < -0.3 is 14.6 Å². The van der Waals surface area contributed by atoms with Crippen LogP contribution in [0.3, 0.4) is 0 Å². The number of carbonyl (C=O) groups excluding carboxylic acids is 1. The molecule has 9 heteroatoms. The van der Waals surface area contributed by atoms with Crippen LogP contribution >= 0.6 is 0 Å². The summed E-state index contributed by atoms with van der Waals surface area (Å²) in [6.07, 6.45) is -3.24. The van der Waals surface area contributed by atoms with E-state index in [1.165, 1.54) is 18.2 Å². The van der Waals surface area contributed by atoms with Gasteiger partial charge in [0, 0.05) is 12.8 Å². The number of aryl methyl sites for hydroxylation is 2. The van der Waals surface area contributed by atoms with Crippen LogP contribution in [0.4, 0.5) is 13.2 Å². The van der Waals surface area contributed by atoms with Crippen LogP contribution in [0.15, 0.2) is 28.8 Å². The molecular formula is C17H20F3N3O3. The summed E-state index contributed by atoms with van der Waals surface area (Å²) in [5.74, 6) is 0.527. The molecule has 2 rings (SSSR count).